The molecule has 1 saturated carbocycles. The number of hydrogen-bond donors (Lipinski definition) is 0. The van der Waals surface area contributed by atoms with Crippen LogP contribution in [0.4, 0.5) is 0 Å². The molecule has 0 heterocycles. The topological polar surface area (TPSA) is 0 Å². The molecule has 0 amide bonds. The van der Waals surface area contributed by atoms with Gasteiger partial charge in [0.25, 0.3) is 0 Å². The van der Waals surface area contributed by atoms with Crippen LogP contribution in [0.3, 0.4) is 0 Å². The molecule has 0 unspecified atom stereocenters. The van der Waals surface area contributed by atoms with Crippen molar-refractivity contribution < 1.29 is 0 Å². The van der Waals surface area contributed by atoms with E-state index in [-0.39, 0.29) is 0 Å². The molecular formula is C16H34. The van der Waals surface area contributed by atoms with E-state index < -0.39 is 0 Å². The molecule has 0 radical (unpaired) electrons. The summed E-state index contributed by atoms with van der Waals surface area (Å²) >= 11 is 0. The molecule has 16 heavy (non-hydrogen) atoms. The van der Waals surface area contributed by atoms with E-state index in [1.54, 1.807) is 0 Å². The van der Waals surface area contributed by atoms with Crippen molar-refractivity contribution in [2.75, 3.05) is 0 Å². The average molecular weight is 226 g/mol. The maximum absolute atomic E-state index is 2.37. The van der Waals surface area contributed by atoms with Gasteiger partial charge in [-0.3, -0.25) is 0 Å². The fourth-order valence-corrected chi connectivity index (χ4v) is 2.56. The van der Waals surface area contributed by atoms with Gasteiger partial charge in [-0.05, 0) is 17.8 Å². The lowest BCUT2D eigenvalue weighted by Crippen LogP contribution is -2.08. The lowest BCUT2D eigenvalue weighted by atomic mass is 9.84. The third-order valence-corrected chi connectivity index (χ3v) is 3.87. The SMILES string of the molecule is CC1CCC(C)CC1.CCCC(C)CCC. The Hall–Kier alpha value is 0. The Morgan fingerprint density at radius 3 is 1.38 bits per heavy atom. The summed E-state index contributed by atoms with van der Waals surface area (Å²) in [6, 6.07) is 0. The summed E-state index contributed by atoms with van der Waals surface area (Å²) < 4.78 is 0. The number of rotatable bonds is 4. The minimum atomic E-state index is 0.963. The summed E-state index contributed by atoms with van der Waals surface area (Å²) in [4.78, 5) is 0. The minimum absolute atomic E-state index is 0.963. The molecule has 0 aromatic heterocycles. The third kappa shape index (κ3) is 9.24. The normalized spacial score (nSPS) is 25.1. The molecule has 1 aliphatic carbocycles. The van der Waals surface area contributed by atoms with Gasteiger partial charge in [0.05, 0.1) is 0 Å². The van der Waals surface area contributed by atoms with Crippen LogP contribution < -0.4 is 0 Å². The van der Waals surface area contributed by atoms with E-state index in [9.17, 15) is 0 Å². The molecule has 0 spiro atoms. The summed E-state index contributed by atoms with van der Waals surface area (Å²) in [5.41, 5.74) is 0. The van der Waals surface area contributed by atoms with E-state index in [4.69, 9.17) is 0 Å². The Labute approximate surface area is 104 Å². The van der Waals surface area contributed by atoms with E-state index in [1.807, 2.05) is 0 Å². The molecule has 0 aliphatic heterocycles. The first kappa shape index (κ1) is 16.0. The Bertz CT molecular complexity index is 115. The summed E-state index contributed by atoms with van der Waals surface area (Å²) in [6.07, 6.45) is 11.4. The van der Waals surface area contributed by atoms with E-state index in [0.29, 0.717) is 0 Å². The van der Waals surface area contributed by atoms with Crippen LogP contribution in [0.5, 0.6) is 0 Å². The molecular weight excluding hydrogens is 192 g/mol. The van der Waals surface area contributed by atoms with Gasteiger partial charge in [0, 0.05) is 0 Å². The van der Waals surface area contributed by atoms with Gasteiger partial charge in [-0.25, -0.2) is 0 Å². The van der Waals surface area contributed by atoms with Crippen LogP contribution in [0.15, 0.2) is 0 Å². The van der Waals surface area contributed by atoms with Crippen molar-refractivity contribution in [3.8, 4) is 0 Å². The standard InChI is InChI=1S/C8H16.C8H18/c1-7-3-5-8(2)6-4-7;1-4-6-8(3)7-5-2/h7-8H,3-6H2,1-2H3;8H,4-7H2,1-3H3. The van der Waals surface area contributed by atoms with E-state index in [2.05, 4.69) is 34.6 Å². The molecule has 0 aromatic carbocycles. The smallest absolute Gasteiger partial charge is 0.0443 e. The number of hydrogen-bond acceptors (Lipinski definition) is 0. The summed E-state index contributed by atoms with van der Waals surface area (Å²) in [5.74, 6) is 3.00. The van der Waals surface area contributed by atoms with Gasteiger partial charge < -0.3 is 0 Å². The van der Waals surface area contributed by atoms with Crippen molar-refractivity contribution in [1.82, 2.24) is 0 Å². The highest BCUT2D eigenvalue weighted by Crippen LogP contribution is 2.27. The fourth-order valence-electron chi connectivity index (χ4n) is 2.56. The Morgan fingerprint density at radius 2 is 1.12 bits per heavy atom. The highest BCUT2D eigenvalue weighted by atomic mass is 14.2. The first-order chi connectivity index (χ1) is 7.60. The van der Waals surface area contributed by atoms with E-state index in [1.165, 1.54) is 51.4 Å². The van der Waals surface area contributed by atoms with Crippen LogP contribution in [0, 0.1) is 17.8 Å². The van der Waals surface area contributed by atoms with Crippen LogP contribution in [-0.4, -0.2) is 0 Å². The first-order valence-electron chi connectivity index (χ1n) is 7.60. The molecule has 0 atom stereocenters. The minimum Gasteiger partial charge on any atom is -0.0654 e. The molecule has 0 heteroatoms. The van der Waals surface area contributed by atoms with Gasteiger partial charge in [0.2, 0.25) is 0 Å². The third-order valence-electron chi connectivity index (χ3n) is 3.87. The molecule has 98 valence electrons. The van der Waals surface area contributed by atoms with Gasteiger partial charge in [-0.1, -0.05) is 86.0 Å². The quantitative estimate of drug-likeness (QED) is 0.547. The Balaban J connectivity index is 0.000000281. The van der Waals surface area contributed by atoms with Crippen LogP contribution in [0.25, 0.3) is 0 Å². The van der Waals surface area contributed by atoms with Crippen LogP contribution in [-0.2, 0) is 0 Å². The zero-order valence-electron chi connectivity index (χ0n) is 12.4. The van der Waals surface area contributed by atoms with E-state index in [0.717, 1.165) is 17.8 Å². The molecule has 0 aromatic rings. The van der Waals surface area contributed by atoms with Gasteiger partial charge in [0.1, 0.15) is 0 Å². The maximum atomic E-state index is 2.37. The van der Waals surface area contributed by atoms with E-state index >= 15 is 0 Å². The van der Waals surface area contributed by atoms with Crippen LogP contribution in [0.1, 0.15) is 86.0 Å². The zero-order chi connectivity index (χ0) is 12.4. The Morgan fingerprint density at radius 1 is 0.812 bits per heavy atom. The monoisotopic (exact) mass is 226 g/mol. The van der Waals surface area contributed by atoms with Gasteiger partial charge in [-0.15, -0.1) is 0 Å². The van der Waals surface area contributed by atoms with Crippen molar-refractivity contribution in [3.63, 3.8) is 0 Å². The molecule has 0 saturated heterocycles. The van der Waals surface area contributed by atoms with Crippen molar-refractivity contribution in [3.05, 3.63) is 0 Å². The van der Waals surface area contributed by atoms with Gasteiger partial charge >= 0.3 is 0 Å². The Kier molecular flexibility index (Phi) is 10.2. The highest BCUT2D eigenvalue weighted by Gasteiger charge is 2.13. The van der Waals surface area contributed by atoms with Crippen molar-refractivity contribution in [1.29, 1.82) is 0 Å². The lowest BCUT2D eigenvalue weighted by Gasteiger charge is -2.22. The average Bonchev–Trinajstić information content (AvgIpc) is 2.24. The van der Waals surface area contributed by atoms with Crippen molar-refractivity contribution >= 4 is 0 Å². The molecule has 0 bridgehead atoms. The molecule has 1 fully saturated rings. The summed E-state index contributed by atoms with van der Waals surface area (Å²) in [6.45, 7) is 11.6. The molecule has 1 rings (SSSR count). The molecule has 0 N–H and O–H groups in total. The second-order valence-electron chi connectivity index (χ2n) is 6.05. The maximum Gasteiger partial charge on any atom is -0.0443 e. The predicted octanol–water partition coefficient (Wildman–Crippen LogP) is 6.06. The first-order valence-corrected chi connectivity index (χ1v) is 7.60. The molecule has 1 aliphatic rings. The van der Waals surface area contributed by atoms with Gasteiger partial charge in [0.15, 0.2) is 0 Å². The fraction of sp³-hybridized carbons (Fsp3) is 1.00. The molecule has 0 nitrogen and oxygen atoms in total. The zero-order valence-corrected chi connectivity index (χ0v) is 12.4. The summed E-state index contributed by atoms with van der Waals surface area (Å²) in [7, 11) is 0. The second kappa shape index (κ2) is 10.2. The lowest BCUT2D eigenvalue weighted by molar-refractivity contribution is 0.308. The predicted molar refractivity (Wildman–Crippen MR) is 75.8 cm³/mol. The van der Waals surface area contributed by atoms with Crippen LogP contribution >= 0.6 is 0 Å². The van der Waals surface area contributed by atoms with Crippen molar-refractivity contribution in [2.45, 2.75) is 86.0 Å². The highest BCUT2D eigenvalue weighted by molar-refractivity contribution is 4.65. The van der Waals surface area contributed by atoms with Crippen molar-refractivity contribution in [2.24, 2.45) is 17.8 Å². The van der Waals surface area contributed by atoms with Gasteiger partial charge in [-0.2, -0.15) is 0 Å². The van der Waals surface area contributed by atoms with Crippen LogP contribution in [0.2, 0.25) is 0 Å². The largest absolute Gasteiger partial charge is 0.0654 e. The second-order valence-corrected chi connectivity index (χ2v) is 6.05. The summed E-state index contributed by atoms with van der Waals surface area (Å²) in [5, 5.41) is 0.